The van der Waals surface area contributed by atoms with E-state index in [1.165, 1.54) is 0 Å². The molecule has 0 aliphatic carbocycles. The van der Waals surface area contributed by atoms with E-state index < -0.39 is 0 Å². The van der Waals surface area contributed by atoms with E-state index in [1.807, 2.05) is 19.1 Å². The lowest BCUT2D eigenvalue weighted by Gasteiger charge is -2.08. The Hall–Kier alpha value is -0.450. The first-order chi connectivity index (χ1) is 5.24. The van der Waals surface area contributed by atoms with Gasteiger partial charge in [-0.3, -0.25) is 11.3 Å². The second-order valence-corrected chi connectivity index (χ2v) is 3.12. The van der Waals surface area contributed by atoms with E-state index in [2.05, 4.69) is 26.3 Å². The Labute approximate surface area is 74.1 Å². The highest BCUT2D eigenvalue weighted by Gasteiger charge is 2.01. The minimum Gasteiger partial charge on any atom is -0.271 e. The van der Waals surface area contributed by atoms with Crippen molar-refractivity contribution in [1.82, 2.24) is 10.4 Å². The Morgan fingerprint density at radius 1 is 1.64 bits per heavy atom. The summed E-state index contributed by atoms with van der Waals surface area (Å²) in [6, 6.07) is 4.01. The molecule has 3 N–H and O–H groups in total. The molecule has 0 aliphatic rings. The normalized spacial score (nSPS) is 13.0. The predicted molar refractivity (Wildman–Crippen MR) is 47.7 cm³/mol. The highest BCUT2D eigenvalue weighted by atomic mass is 79.9. The van der Waals surface area contributed by atoms with Crippen LogP contribution in [0.2, 0.25) is 0 Å². The second-order valence-electron chi connectivity index (χ2n) is 2.30. The Morgan fingerprint density at radius 3 is 2.82 bits per heavy atom. The van der Waals surface area contributed by atoms with Gasteiger partial charge in [-0.25, -0.2) is 4.98 Å². The molecule has 3 nitrogen and oxygen atoms in total. The maximum absolute atomic E-state index is 5.25. The monoisotopic (exact) mass is 215 g/mol. The number of pyridine rings is 1. The van der Waals surface area contributed by atoms with Crippen LogP contribution in [0.3, 0.4) is 0 Å². The molecule has 0 amide bonds. The Bertz CT molecular complexity index is 222. The van der Waals surface area contributed by atoms with Gasteiger partial charge < -0.3 is 0 Å². The van der Waals surface area contributed by atoms with Crippen LogP contribution in [0.25, 0.3) is 0 Å². The smallest absolute Gasteiger partial charge is 0.106 e. The van der Waals surface area contributed by atoms with Gasteiger partial charge in [-0.2, -0.15) is 0 Å². The molecule has 0 aromatic carbocycles. The predicted octanol–water partition coefficient (Wildman–Crippen LogP) is 1.37. The lowest BCUT2D eigenvalue weighted by molar-refractivity contribution is 0.600. The fourth-order valence-electron chi connectivity index (χ4n) is 0.740. The van der Waals surface area contributed by atoms with Crippen molar-refractivity contribution in [2.24, 2.45) is 5.84 Å². The van der Waals surface area contributed by atoms with Crippen LogP contribution in [0.1, 0.15) is 18.5 Å². The fourth-order valence-corrected chi connectivity index (χ4v) is 0.974. The Balaban J connectivity index is 2.81. The van der Waals surface area contributed by atoms with E-state index in [0.29, 0.717) is 0 Å². The topological polar surface area (TPSA) is 50.9 Å². The molecule has 0 radical (unpaired) electrons. The van der Waals surface area contributed by atoms with Crippen molar-refractivity contribution in [2.75, 3.05) is 0 Å². The molecule has 0 spiro atoms. The molecule has 0 saturated carbocycles. The van der Waals surface area contributed by atoms with E-state index in [0.717, 1.165) is 10.2 Å². The van der Waals surface area contributed by atoms with Crippen molar-refractivity contribution in [2.45, 2.75) is 13.0 Å². The van der Waals surface area contributed by atoms with E-state index in [4.69, 9.17) is 5.84 Å². The SMILES string of the molecule is C[C@H](NN)c1ccc(Br)nc1. The van der Waals surface area contributed by atoms with Gasteiger partial charge in [-0.1, -0.05) is 6.07 Å². The summed E-state index contributed by atoms with van der Waals surface area (Å²) in [4.78, 5) is 4.07. The van der Waals surface area contributed by atoms with Gasteiger partial charge >= 0.3 is 0 Å². The van der Waals surface area contributed by atoms with Crippen molar-refractivity contribution in [3.63, 3.8) is 0 Å². The summed E-state index contributed by atoms with van der Waals surface area (Å²) in [5.41, 5.74) is 3.72. The molecule has 11 heavy (non-hydrogen) atoms. The van der Waals surface area contributed by atoms with Gasteiger partial charge in [0.2, 0.25) is 0 Å². The summed E-state index contributed by atoms with van der Waals surface area (Å²) >= 11 is 3.25. The van der Waals surface area contributed by atoms with Gasteiger partial charge in [0, 0.05) is 12.2 Å². The fraction of sp³-hybridized carbons (Fsp3) is 0.286. The average molecular weight is 216 g/mol. The van der Waals surface area contributed by atoms with E-state index in [1.54, 1.807) is 6.20 Å². The third-order valence-electron chi connectivity index (χ3n) is 1.50. The van der Waals surface area contributed by atoms with Crippen LogP contribution in [0, 0.1) is 0 Å². The molecule has 1 rings (SSSR count). The highest BCUT2D eigenvalue weighted by Crippen LogP contribution is 2.12. The van der Waals surface area contributed by atoms with Gasteiger partial charge in [0.15, 0.2) is 0 Å². The molecular formula is C7H10BrN3. The van der Waals surface area contributed by atoms with Crippen LogP contribution in [0.4, 0.5) is 0 Å². The third kappa shape index (κ3) is 2.25. The average Bonchev–Trinajstić information content (AvgIpc) is 2.05. The van der Waals surface area contributed by atoms with Crippen molar-refractivity contribution in [3.05, 3.63) is 28.5 Å². The summed E-state index contributed by atoms with van der Waals surface area (Å²) in [7, 11) is 0. The maximum atomic E-state index is 5.25. The first-order valence-corrected chi connectivity index (χ1v) is 4.11. The number of rotatable bonds is 2. The van der Waals surface area contributed by atoms with Crippen LogP contribution in [0.5, 0.6) is 0 Å². The summed E-state index contributed by atoms with van der Waals surface area (Å²) < 4.78 is 0.838. The summed E-state index contributed by atoms with van der Waals surface area (Å²) in [6.07, 6.45) is 1.79. The number of aromatic nitrogens is 1. The summed E-state index contributed by atoms with van der Waals surface area (Å²) in [6.45, 7) is 1.98. The second kappa shape index (κ2) is 3.80. The number of nitrogens with two attached hydrogens (primary N) is 1. The summed E-state index contributed by atoms with van der Waals surface area (Å²) in [5.74, 6) is 5.25. The van der Waals surface area contributed by atoms with Crippen molar-refractivity contribution in [1.29, 1.82) is 0 Å². The Morgan fingerprint density at radius 2 is 2.36 bits per heavy atom. The molecule has 1 aromatic rings. The van der Waals surface area contributed by atoms with Crippen LogP contribution in [0.15, 0.2) is 22.9 Å². The first kappa shape index (κ1) is 8.64. The van der Waals surface area contributed by atoms with Crippen molar-refractivity contribution >= 4 is 15.9 Å². The zero-order valence-electron chi connectivity index (χ0n) is 6.21. The molecule has 1 aromatic heterocycles. The molecule has 0 bridgehead atoms. The molecule has 0 aliphatic heterocycles. The first-order valence-electron chi connectivity index (χ1n) is 3.31. The van der Waals surface area contributed by atoms with E-state index in [9.17, 15) is 0 Å². The zero-order chi connectivity index (χ0) is 8.27. The molecular weight excluding hydrogens is 206 g/mol. The highest BCUT2D eigenvalue weighted by molar-refractivity contribution is 9.10. The lowest BCUT2D eigenvalue weighted by atomic mass is 10.2. The zero-order valence-corrected chi connectivity index (χ0v) is 7.80. The number of hydrogen-bond acceptors (Lipinski definition) is 3. The standard InChI is InChI=1S/C7H10BrN3/c1-5(11-9)6-2-3-7(8)10-4-6/h2-5,11H,9H2,1H3/t5-/m0/s1. The van der Waals surface area contributed by atoms with Gasteiger partial charge in [0.25, 0.3) is 0 Å². The number of hydrogen-bond donors (Lipinski definition) is 2. The Kier molecular flexibility index (Phi) is 2.99. The minimum atomic E-state index is 0.149. The van der Waals surface area contributed by atoms with Crippen LogP contribution >= 0.6 is 15.9 Å². The van der Waals surface area contributed by atoms with Crippen LogP contribution < -0.4 is 11.3 Å². The molecule has 0 fully saturated rings. The van der Waals surface area contributed by atoms with Crippen molar-refractivity contribution in [3.8, 4) is 0 Å². The van der Waals surface area contributed by atoms with Gasteiger partial charge in [-0.15, -0.1) is 0 Å². The minimum absolute atomic E-state index is 0.149. The number of halogens is 1. The van der Waals surface area contributed by atoms with Gasteiger partial charge in [0.05, 0.1) is 0 Å². The molecule has 60 valence electrons. The van der Waals surface area contributed by atoms with E-state index >= 15 is 0 Å². The quantitative estimate of drug-likeness (QED) is 0.446. The molecule has 1 heterocycles. The van der Waals surface area contributed by atoms with Crippen LogP contribution in [-0.2, 0) is 0 Å². The summed E-state index contributed by atoms with van der Waals surface area (Å²) in [5, 5.41) is 0. The number of hydrazine groups is 1. The molecule has 0 unspecified atom stereocenters. The lowest BCUT2D eigenvalue weighted by Crippen LogP contribution is -2.25. The number of nitrogens with one attached hydrogen (secondary N) is 1. The van der Waals surface area contributed by atoms with Crippen LogP contribution in [-0.4, -0.2) is 4.98 Å². The largest absolute Gasteiger partial charge is 0.271 e. The maximum Gasteiger partial charge on any atom is 0.106 e. The molecule has 1 atom stereocenters. The number of nitrogens with zero attached hydrogens (tertiary/aromatic N) is 1. The van der Waals surface area contributed by atoms with Gasteiger partial charge in [-0.05, 0) is 34.5 Å². The van der Waals surface area contributed by atoms with Crippen molar-refractivity contribution < 1.29 is 0 Å². The van der Waals surface area contributed by atoms with Gasteiger partial charge in [0.1, 0.15) is 4.60 Å². The third-order valence-corrected chi connectivity index (χ3v) is 1.97. The molecule has 4 heteroatoms. The molecule has 0 saturated heterocycles. The van der Waals surface area contributed by atoms with E-state index in [-0.39, 0.29) is 6.04 Å².